The molecule has 0 spiro atoms. The maximum atomic E-state index is 13.3. The second-order valence-electron chi connectivity index (χ2n) is 3.19. The lowest BCUT2D eigenvalue weighted by molar-refractivity contribution is -0.274. The third kappa shape index (κ3) is 3.59. The van der Waals surface area contributed by atoms with Gasteiger partial charge in [0.2, 0.25) is 0 Å². The van der Waals surface area contributed by atoms with Gasteiger partial charge < -0.3 is 14.6 Å². The van der Waals surface area contributed by atoms with Gasteiger partial charge in [-0.05, 0) is 18.2 Å². The van der Waals surface area contributed by atoms with Gasteiger partial charge in [0.1, 0.15) is 11.6 Å². The summed E-state index contributed by atoms with van der Waals surface area (Å²) < 4.78 is 57.2. The molecule has 0 aromatic heterocycles. The number of carbonyl (C=O) groups is 1. The van der Waals surface area contributed by atoms with Gasteiger partial charge in [0.15, 0.2) is 6.10 Å². The highest BCUT2D eigenvalue weighted by Gasteiger charge is 2.32. The Kier molecular flexibility index (Phi) is 4.12. The second-order valence-corrected chi connectivity index (χ2v) is 3.19. The van der Waals surface area contributed by atoms with Gasteiger partial charge in [-0.1, -0.05) is 0 Å². The molecule has 0 heterocycles. The Morgan fingerprint density at radius 2 is 2.00 bits per heavy atom. The maximum absolute atomic E-state index is 13.3. The Morgan fingerprint density at radius 3 is 2.44 bits per heavy atom. The average molecular weight is 268 g/mol. The molecule has 100 valence electrons. The van der Waals surface area contributed by atoms with E-state index >= 15 is 0 Å². The first-order chi connectivity index (χ1) is 8.24. The lowest BCUT2D eigenvalue weighted by Gasteiger charge is -2.14. The van der Waals surface area contributed by atoms with E-state index in [2.05, 4.69) is 9.47 Å². The van der Waals surface area contributed by atoms with E-state index in [1.54, 1.807) is 0 Å². The topological polar surface area (TPSA) is 55.8 Å². The molecule has 0 amide bonds. The molecule has 18 heavy (non-hydrogen) atoms. The first-order valence-corrected chi connectivity index (χ1v) is 4.55. The minimum Gasteiger partial charge on any atom is -0.479 e. The minimum atomic E-state index is -4.94. The highest BCUT2D eigenvalue weighted by Crippen LogP contribution is 2.28. The summed E-state index contributed by atoms with van der Waals surface area (Å²) in [5.74, 6) is -3.25. The van der Waals surface area contributed by atoms with Gasteiger partial charge in [0, 0.05) is 12.7 Å². The van der Waals surface area contributed by atoms with Gasteiger partial charge >= 0.3 is 12.3 Å². The number of rotatable bonds is 4. The Labute approximate surface area is 98.7 Å². The number of ether oxygens (including phenoxy) is 2. The molecule has 0 radical (unpaired) electrons. The minimum absolute atomic E-state index is 0.549. The van der Waals surface area contributed by atoms with Gasteiger partial charge in [0.05, 0.1) is 0 Å². The van der Waals surface area contributed by atoms with Gasteiger partial charge in [-0.2, -0.15) is 0 Å². The zero-order valence-corrected chi connectivity index (χ0v) is 8.99. The monoisotopic (exact) mass is 268 g/mol. The molecule has 1 aromatic carbocycles. The van der Waals surface area contributed by atoms with E-state index in [9.17, 15) is 22.4 Å². The number of hydrogen-bond donors (Lipinski definition) is 1. The molecule has 0 aliphatic carbocycles. The normalized spacial score (nSPS) is 13.2. The van der Waals surface area contributed by atoms with Crippen LogP contribution in [0, 0.1) is 5.82 Å². The third-order valence-corrected chi connectivity index (χ3v) is 1.94. The number of benzene rings is 1. The van der Waals surface area contributed by atoms with Crippen LogP contribution in [0.15, 0.2) is 18.2 Å². The number of halogens is 4. The smallest absolute Gasteiger partial charge is 0.479 e. The van der Waals surface area contributed by atoms with Crippen molar-refractivity contribution >= 4 is 5.97 Å². The molecule has 0 aliphatic rings. The molecule has 0 saturated heterocycles. The molecule has 4 nitrogen and oxygen atoms in total. The number of carboxylic acids is 1. The standard InChI is InChI=1S/C10H8F4O4/c1-17-8(9(15)16)6-4-5(2-3-7(6)11)18-10(12,13)14/h2-4,8H,1H3,(H,15,16)/t8-/m0/s1. The summed E-state index contributed by atoms with van der Waals surface area (Å²) in [5.41, 5.74) is -0.549. The SMILES string of the molecule is CO[C@H](C(=O)O)c1cc(OC(F)(F)F)ccc1F. The van der Waals surface area contributed by atoms with Gasteiger partial charge in [0.25, 0.3) is 0 Å². The summed E-state index contributed by atoms with van der Waals surface area (Å²) in [6.07, 6.45) is -6.65. The molecular formula is C10H8F4O4. The van der Waals surface area contributed by atoms with Crippen molar-refractivity contribution in [3.8, 4) is 5.75 Å². The molecule has 0 aliphatic heterocycles. The van der Waals surface area contributed by atoms with Crippen molar-refractivity contribution in [3.05, 3.63) is 29.6 Å². The molecule has 1 aromatic rings. The fraction of sp³-hybridized carbons (Fsp3) is 0.300. The van der Waals surface area contributed by atoms with Crippen LogP contribution in [0.4, 0.5) is 17.6 Å². The third-order valence-electron chi connectivity index (χ3n) is 1.94. The summed E-state index contributed by atoms with van der Waals surface area (Å²) in [6.45, 7) is 0. The largest absolute Gasteiger partial charge is 0.573 e. The van der Waals surface area contributed by atoms with Crippen molar-refractivity contribution < 1.29 is 36.9 Å². The summed E-state index contributed by atoms with van der Waals surface area (Å²) in [4.78, 5) is 10.7. The first-order valence-electron chi connectivity index (χ1n) is 4.55. The molecule has 1 atom stereocenters. The van der Waals surface area contributed by atoms with E-state index in [0.717, 1.165) is 13.2 Å². The summed E-state index contributed by atoms with van der Waals surface area (Å²) in [7, 11) is 0.996. The lowest BCUT2D eigenvalue weighted by atomic mass is 10.1. The van der Waals surface area contributed by atoms with Crippen LogP contribution < -0.4 is 4.74 Å². The van der Waals surface area contributed by atoms with Crippen LogP contribution in [0.5, 0.6) is 5.75 Å². The van der Waals surface area contributed by atoms with Crippen molar-refractivity contribution in [1.82, 2.24) is 0 Å². The maximum Gasteiger partial charge on any atom is 0.573 e. The Balaban J connectivity index is 3.12. The molecule has 8 heteroatoms. The van der Waals surface area contributed by atoms with E-state index in [4.69, 9.17) is 5.11 Å². The van der Waals surface area contributed by atoms with Crippen LogP contribution >= 0.6 is 0 Å². The van der Waals surface area contributed by atoms with Crippen molar-refractivity contribution in [2.75, 3.05) is 7.11 Å². The van der Waals surface area contributed by atoms with Gasteiger partial charge in [-0.25, -0.2) is 9.18 Å². The van der Waals surface area contributed by atoms with Crippen LogP contribution in [0.3, 0.4) is 0 Å². The van der Waals surface area contributed by atoms with Crippen LogP contribution in [0.2, 0.25) is 0 Å². The van der Waals surface area contributed by atoms with E-state index < -0.39 is 35.6 Å². The van der Waals surface area contributed by atoms with Crippen molar-refractivity contribution in [3.63, 3.8) is 0 Å². The van der Waals surface area contributed by atoms with Crippen molar-refractivity contribution in [2.24, 2.45) is 0 Å². The Morgan fingerprint density at radius 1 is 1.39 bits per heavy atom. The van der Waals surface area contributed by atoms with Crippen molar-refractivity contribution in [1.29, 1.82) is 0 Å². The van der Waals surface area contributed by atoms with Crippen molar-refractivity contribution in [2.45, 2.75) is 12.5 Å². The van der Waals surface area contributed by atoms with E-state index in [1.165, 1.54) is 0 Å². The van der Waals surface area contributed by atoms with Crippen LogP contribution in [0.25, 0.3) is 0 Å². The molecule has 0 saturated carbocycles. The quantitative estimate of drug-likeness (QED) is 0.852. The number of methoxy groups -OCH3 is 1. The van der Waals surface area contributed by atoms with Gasteiger partial charge in [-0.15, -0.1) is 13.2 Å². The second kappa shape index (κ2) is 5.21. The number of alkyl halides is 3. The number of hydrogen-bond acceptors (Lipinski definition) is 3. The molecule has 1 N–H and O–H groups in total. The molecular weight excluding hydrogens is 260 g/mol. The Bertz CT molecular complexity index is 444. The highest BCUT2D eigenvalue weighted by molar-refractivity contribution is 5.74. The van der Waals surface area contributed by atoms with Gasteiger partial charge in [-0.3, -0.25) is 0 Å². The molecule has 0 unspecified atom stereocenters. The fourth-order valence-electron chi connectivity index (χ4n) is 1.28. The zero-order valence-electron chi connectivity index (χ0n) is 8.99. The van der Waals surface area contributed by atoms with Crippen LogP contribution in [-0.2, 0) is 9.53 Å². The summed E-state index contributed by atoms with van der Waals surface area (Å²) in [6, 6.07) is 2.04. The average Bonchev–Trinajstić information content (AvgIpc) is 2.21. The van der Waals surface area contributed by atoms with Crippen LogP contribution in [-0.4, -0.2) is 24.5 Å². The van der Waals surface area contributed by atoms with Crippen LogP contribution in [0.1, 0.15) is 11.7 Å². The number of carboxylic acid groups (broad SMARTS) is 1. The predicted octanol–water partition coefficient (Wildman–Crippen LogP) is 2.50. The highest BCUT2D eigenvalue weighted by atomic mass is 19.4. The lowest BCUT2D eigenvalue weighted by Crippen LogP contribution is -2.19. The Hall–Kier alpha value is -1.83. The first kappa shape index (κ1) is 14.2. The molecule has 1 rings (SSSR count). The molecule has 0 fully saturated rings. The van der Waals surface area contributed by atoms with E-state index in [0.29, 0.717) is 12.1 Å². The fourth-order valence-corrected chi connectivity index (χ4v) is 1.28. The molecule has 0 bridgehead atoms. The number of aliphatic carboxylic acids is 1. The predicted molar refractivity (Wildman–Crippen MR) is 50.5 cm³/mol. The van der Waals surface area contributed by atoms with E-state index in [-0.39, 0.29) is 0 Å². The summed E-state index contributed by atoms with van der Waals surface area (Å²) >= 11 is 0. The summed E-state index contributed by atoms with van der Waals surface area (Å²) in [5, 5.41) is 8.72. The van der Waals surface area contributed by atoms with E-state index in [1.807, 2.05) is 0 Å². The zero-order chi connectivity index (χ0) is 13.9.